The Balaban J connectivity index is 1.16. The van der Waals surface area contributed by atoms with Gasteiger partial charge in [0.05, 0.1) is 50.5 Å². The number of hydrogen-bond acceptors (Lipinski definition) is 3. The standard InChI is InChI=1S/C51H42N6/c1-31-32(2)53-57(34(31)4)50-28-27-43(33(3)52-50)56-48-25-23-35(54-44-19-11-7-15-37(44)38-16-8-12-20-45(38)54)29-41(48)51(5,6)42-30-36(24-26-49(42)56)55-46-21-13-9-17-39(46)40-18-10-14-22-47(40)55/h7-30H,1-6H3. The zero-order valence-electron chi connectivity index (χ0n) is 33.0. The predicted molar refractivity (Wildman–Crippen MR) is 236 cm³/mol. The van der Waals surface area contributed by atoms with Crippen LogP contribution in [0.15, 0.2) is 146 Å². The average molecular weight is 739 g/mol. The Morgan fingerprint density at radius 2 is 0.877 bits per heavy atom. The molecule has 6 nitrogen and oxygen atoms in total. The van der Waals surface area contributed by atoms with Crippen LogP contribution in [-0.4, -0.2) is 23.9 Å². The molecule has 0 bridgehead atoms. The molecule has 0 atom stereocenters. The van der Waals surface area contributed by atoms with Crippen LogP contribution < -0.4 is 4.90 Å². The van der Waals surface area contributed by atoms with E-state index in [0.717, 1.165) is 51.3 Å². The summed E-state index contributed by atoms with van der Waals surface area (Å²) in [5, 5.41) is 9.87. The first-order chi connectivity index (χ1) is 27.7. The number of hydrogen-bond donors (Lipinski definition) is 0. The zero-order valence-corrected chi connectivity index (χ0v) is 33.0. The summed E-state index contributed by atoms with van der Waals surface area (Å²) in [5.41, 5.74) is 16.9. The highest BCUT2D eigenvalue weighted by Gasteiger charge is 2.38. The fourth-order valence-electron chi connectivity index (χ4n) is 9.49. The fourth-order valence-corrected chi connectivity index (χ4v) is 9.49. The van der Waals surface area contributed by atoms with Crippen LogP contribution >= 0.6 is 0 Å². The molecule has 1 aliphatic heterocycles. The molecular weight excluding hydrogens is 697 g/mol. The number of anilines is 3. The summed E-state index contributed by atoms with van der Waals surface area (Å²) in [4.78, 5) is 7.65. The van der Waals surface area contributed by atoms with Crippen molar-refractivity contribution >= 4 is 60.7 Å². The summed E-state index contributed by atoms with van der Waals surface area (Å²) in [6, 6.07) is 53.4. The molecule has 0 fully saturated rings. The monoisotopic (exact) mass is 738 g/mol. The Kier molecular flexibility index (Phi) is 7.06. The minimum absolute atomic E-state index is 0.354. The molecule has 11 rings (SSSR count). The summed E-state index contributed by atoms with van der Waals surface area (Å²) in [6.45, 7) is 13.2. The molecule has 6 heteroatoms. The molecule has 0 N–H and O–H groups in total. The van der Waals surface area contributed by atoms with E-state index in [4.69, 9.17) is 10.1 Å². The van der Waals surface area contributed by atoms with Crippen LogP contribution in [0.2, 0.25) is 0 Å². The minimum Gasteiger partial charge on any atom is -0.309 e. The van der Waals surface area contributed by atoms with Crippen molar-refractivity contribution in [3.8, 4) is 17.2 Å². The molecule has 6 aromatic carbocycles. The SMILES string of the molecule is Cc1nc(-n2nc(C)c(C)c2C)ccc1N1c2ccc(-n3c4ccccc4c4ccccc43)cc2C(C)(C)c2cc(-n3c4ccccc4c4ccccc43)ccc21. The van der Waals surface area contributed by atoms with Gasteiger partial charge in [-0.2, -0.15) is 5.10 Å². The third-order valence-corrected chi connectivity index (χ3v) is 12.6. The van der Waals surface area contributed by atoms with Gasteiger partial charge in [0.1, 0.15) is 0 Å². The van der Waals surface area contributed by atoms with Crippen molar-refractivity contribution in [3.05, 3.63) is 179 Å². The first-order valence-corrected chi connectivity index (χ1v) is 19.8. The first-order valence-electron chi connectivity index (χ1n) is 19.8. The topological polar surface area (TPSA) is 43.8 Å². The van der Waals surface area contributed by atoms with Gasteiger partial charge in [-0.25, -0.2) is 9.67 Å². The van der Waals surface area contributed by atoms with Crippen molar-refractivity contribution in [2.45, 2.75) is 47.0 Å². The molecule has 10 aromatic rings. The van der Waals surface area contributed by atoms with Gasteiger partial charge in [-0.05, 0) is 117 Å². The third-order valence-electron chi connectivity index (χ3n) is 12.6. The third kappa shape index (κ3) is 4.70. The quantitative estimate of drug-likeness (QED) is 0.181. The number of nitrogens with zero attached hydrogens (tertiary/aromatic N) is 6. The van der Waals surface area contributed by atoms with E-state index in [2.05, 4.69) is 201 Å². The van der Waals surface area contributed by atoms with Gasteiger partial charge in [0.15, 0.2) is 5.82 Å². The van der Waals surface area contributed by atoms with E-state index in [0.29, 0.717) is 0 Å². The second-order valence-corrected chi connectivity index (χ2v) is 16.1. The first kappa shape index (κ1) is 33.4. The number of fused-ring (bicyclic) bond motifs is 8. The van der Waals surface area contributed by atoms with E-state index in [9.17, 15) is 0 Å². The summed E-state index contributed by atoms with van der Waals surface area (Å²) < 4.78 is 6.82. The second kappa shape index (κ2) is 12.0. The molecular formula is C51H42N6. The number of para-hydroxylation sites is 4. The molecule has 57 heavy (non-hydrogen) atoms. The lowest BCUT2D eigenvalue weighted by Crippen LogP contribution is -2.31. The van der Waals surface area contributed by atoms with Crippen LogP contribution in [0.5, 0.6) is 0 Å². The summed E-state index contributed by atoms with van der Waals surface area (Å²) >= 11 is 0. The van der Waals surface area contributed by atoms with Gasteiger partial charge in [0.2, 0.25) is 0 Å². The molecule has 1 aliphatic rings. The molecule has 5 heterocycles. The van der Waals surface area contributed by atoms with E-state index in [1.165, 1.54) is 60.3 Å². The summed E-state index contributed by atoms with van der Waals surface area (Å²) in [5.74, 6) is 0.825. The van der Waals surface area contributed by atoms with Crippen molar-refractivity contribution in [2.24, 2.45) is 0 Å². The molecule has 0 aliphatic carbocycles. The van der Waals surface area contributed by atoms with E-state index >= 15 is 0 Å². The van der Waals surface area contributed by atoms with Crippen LogP contribution in [0, 0.1) is 27.7 Å². The van der Waals surface area contributed by atoms with Gasteiger partial charge in [-0.15, -0.1) is 0 Å². The molecule has 0 saturated heterocycles. The Morgan fingerprint density at radius 1 is 0.456 bits per heavy atom. The molecule has 0 spiro atoms. The highest BCUT2D eigenvalue weighted by atomic mass is 15.3. The Labute approximate surface area is 331 Å². The molecule has 0 radical (unpaired) electrons. The minimum atomic E-state index is -0.354. The van der Waals surface area contributed by atoms with Gasteiger partial charge >= 0.3 is 0 Å². The second-order valence-electron chi connectivity index (χ2n) is 16.1. The Hall–Kier alpha value is -6.92. The van der Waals surface area contributed by atoms with Crippen LogP contribution in [0.1, 0.15) is 47.6 Å². The number of pyridine rings is 1. The maximum absolute atomic E-state index is 5.22. The maximum Gasteiger partial charge on any atom is 0.154 e. The van der Waals surface area contributed by atoms with Crippen LogP contribution in [0.3, 0.4) is 0 Å². The van der Waals surface area contributed by atoms with Gasteiger partial charge in [0.25, 0.3) is 0 Å². The molecule has 0 amide bonds. The van der Waals surface area contributed by atoms with Gasteiger partial charge < -0.3 is 14.0 Å². The van der Waals surface area contributed by atoms with Crippen LogP contribution in [0.25, 0.3) is 60.8 Å². The zero-order chi connectivity index (χ0) is 38.7. The lowest BCUT2D eigenvalue weighted by Gasteiger charge is -2.43. The van der Waals surface area contributed by atoms with Gasteiger partial charge in [0, 0.05) is 44.0 Å². The average Bonchev–Trinajstić information content (AvgIpc) is 3.84. The van der Waals surface area contributed by atoms with Gasteiger partial charge in [-0.1, -0.05) is 86.6 Å². The Morgan fingerprint density at radius 3 is 1.28 bits per heavy atom. The van der Waals surface area contributed by atoms with E-state index in [-0.39, 0.29) is 5.41 Å². The molecule has 4 aromatic heterocycles. The predicted octanol–water partition coefficient (Wildman–Crippen LogP) is 12.8. The highest BCUT2D eigenvalue weighted by molar-refractivity contribution is 6.10. The smallest absolute Gasteiger partial charge is 0.154 e. The van der Waals surface area contributed by atoms with Gasteiger partial charge in [-0.3, -0.25) is 0 Å². The molecule has 0 saturated carbocycles. The summed E-state index contributed by atoms with van der Waals surface area (Å²) in [6.07, 6.45) is 0. The molecule has 0 unspecified atom stereocenters. The number of benzene rings is 6. The fraction of sp³-hybridized carbons (Fsp3) is 0.137. The number of aromatic nitrogens is 5. The van der Waals surface area contributed by atoms with Crippen LogP contribution in [0.4, 0.5) is 17.1 Å². The van der Waals surface area contributed by atoms with Crippen molar-refractivity contribution < 1.29 is 0 Å². The Bertz CT molecular complexity index is 3010. The maximum atomic E-state index is 5.22. The lowest BCUT2D eigenvalue weighted by molar-refractivity contribution is 0.630. The van der Waals surface area contributed by atoms with Crippen molar-refractivity contribution in [3.63, 3.8) is 0 Å². The van der Waals surface area contributed by atoms with Crippen molar-refractivity contribution in [2.75, 3.05) is 4.90 Å². The van der Waals surface area contributed by atoms with Crippen molar-refractivity contribution in [1.29, 1.82) is 0 Å². The number of rotatable bonds is 4. The lowest BCUT2D eigenvalue weighted by atomic mass is 9.73. The van der Waals surface area contributed by atoms with E-state index in [1.807, 2.05) is 4.68 Å². The normalized spacial score (nSPS) is 13.5. The largest absolute Gasteiger partial charge is 0.309 e. The number of aryl methyl sites for hydroxylation is 2. The molecule has 276 valence electrons. The highest BCUT2D eigenvalue weighted by Crippen LogP contribution is 2.54. The van der Waals surface area contributed by atoms with Crippen LogP contribution in [-0.2, 0) is 5.41 Å². The van der Waals surface area contributed by atoms with E-state index < -0.39 is 0 Å². The van der Waals surface area contributed by atoms with Crippen molar-refractivity contribution in [1.82, 2.24) is 23.9 Å². The summed E-state index contributed by atoms with van der Waals surface area (Å²) in [7, 11) is 0. The van der Waals surface area contributed by atoms with E-state index in [1.54, 1.807) is 0 Å².